The number of alkyl halides is 3. The van der Waals surface area contributed by atoms with Crippen molar-refractivity contribution in [1.29, 1.82) is 0 Å². The van der Waals surface area contributed by atoms with Crippen molar-refractivity contribution in [3.63, 3.8) is 0 Å². The van der Waals surface area contributed by atoms with Crippen molar-refractivity contribution >= 4 is 62.3 Å². The minimum Gasteiger partial charge on any atom is -0.465 e. The topological polar surface area (TPSA) is 114 Å². The van der Waals surface area contributed by atoms with Crippen LogP contribution in [0, 0.1) is 6.92 Å². The molecule has 13 heteroatoms. The molecular formula is C24H16F3N5O4S. The van der Waals surface area contributed by atoms with E-state index in [0.29, 0.717) is 32.8 Å². The molecule has 0 fully saturated rings. The molecule has 4 aromatic rings. The number of aromatic nitrogens is 2. The number of rotatable bonds is 4. The summed E-state index contributed by atoms with van der Waals surface area (Å²) < 4.78 is 43.7. The molecule has 37 heavy (non-hydrogen) atoms. The number of ether oxygens (including phenoxy) is 1. The number of amides is 3. The van der Waals surface area contributed by atoms with E-state index in [0.717, 1.165) is 29.7 Å². The van der Waals surface area contributed by atoms with Gasteiger partial charge in [-0.05, 0) is 48.9 Å². The Labute approximate surface area is 210 Å². The van der Waals surface area contributed by atoms with Gasteiger partial charge in [0.15, 0.2) is 0 Å². The number of halogens is 3. The zero-order valence-electron chi connectivity index (χ0n) is 19.1. The molecule has 0 saturated carbocycles. The molecule has 3 aromatic heterocycles. The van der Waals surface area contributed by atoms with Gasteiger partial charge in [0.2, 0.25) is 0 Å². The van der Waals surface area contributed by atoms with Gasteiger partial charge in [-0.1, -0.05) is 0 Å². The maximum absolute atomic E-state index is 13.2. The number of aryl methyl sites for hydroxylation is 1. The third kappa shape index (κ3) is 4.22. The summed E-state index contributed by atoms with van der Waals surface area (Å²) in [5.41, 5.74) is 1.02. The fourth-order valence-electron chi connectivity index (χ4n) is 3.97. The molecule has 2 N–H and O–H groups in total. The smallest absolute Gasteiger partial charge is 0.416 e. The van der Waals surface area contributed by atoms with E-state index in [1.165, 1.54) is 30.3 Å². The van der Waals surface area contributed by atoms with Gasteiger partial charge >= 0.3 is 18.2 Å². The number of pyridine rings is 2. The average molecular weight is 527 g/mol. The third-order valence-corrected chi connectivity index (χ3v) is 6.72. The van der Waals surface area contributed by atoms with E-state index < -0.39 is 29.6 Å². The van der Waals surface area contributed by atoms with Crippen LogP contribution in [-0.2, 0) is 10.9 Å². The number of nitrogens with one attached hydrogen (secondary N) is 2. The number of urea groups is 1. The Bertz CT molecular complexity index is 1600. The summed E-state index contributed by atoms with van der Waals surface area (Å²) in [6, 6.07) is 7.16. The van der Waals surface area contributed by atoms with Gasteiger partial charge in [0, 0.05) is 18.0 Å². The zero-order chi connectivity index (χ0) is 26.5. The molecule has 188 valence electrons. The molecule has 1 aliphatic heterocycles. The first kappa shape index (κ1) is 24.2. The van der Waals surface area contributed by atoms with Crippen LogP contribution in [0.25, 0.3) is 10.2 Å². The maximum atomic E-state index is 13.2. The fraction of sp³-hybridized carbons (Fsp3) is 0.125. The molecule has 0 atom stereocenters. The van der Waals surface area contributed by atoms with Crippen molar-refractivity contribution in [2.75, 3.05) is 22.6 Å². The first-order valence-electron chi connectivity index (χ1n) is 10.6. The maximum Gasteiger partial charge on any atom is 0.416 e. The fourth-order valence-corrected chi connectivity index (χ4v) is 5.01. The Hall–Kier alpha value is -4.52. The molecular weight excluding hydrogens is 511 g/mol. The van der Waals surface area contributed by atoms with E-state index in [9.17, 15) is 27.6 Å². The zero-order valence-corrected chi connectivity index (χ0v) is 20.0. The van der Waals surface area contributed by atoms with Crippen LogP contribution in [0.1, 0.15) is 31.2 Å². The summed E-state index contributed by atoms with van der Waals surface area (Å²) in [6.07, 6.45) is -2.10. The van der Waals surface area contributed by atoms with Gasteiger partial charge in [-0.25, -0.2) is 19.6 Å². The first-order valence-corrected chi connectivity index (χ1v) is 11.5. The van der Waals surface area contributed by atoms with Crippen molar-refractivity contribution in [2.24, 2.45) is 0 Å². The highest BCUT2D eigenvalue weighted by Crippen LogP contribution is 2.46. The van der Waals surface area contributed by atoms with Crippen LogP contribution in [0.15, 0.2) is 48.8 Å². The van der Waals surface area contributed by atoms with E-state index in [2.05, 4.69) is 20.6 Å². The highest BCUT2D eigenvalue weighted by Gasteiger charge is 2.34. The van der Waals surface area contributed by atoms with Gasteiger partial charge in [-0.2, -0.15) is 13.2 Å². The number of anilines is 4. The van der Waals surface area contributed by atoms with Crippen molar-refractivity contribution in [3.05, 3.63) is 70.4 Å². The Kier molecular flexibility index (Phi) is 5.79. The van der Waals surface area contributed by atoms with Crippen LogP contribution >= 0.6 is 11.3 Å². The Morgan fingerprint density at radius 3 is 2.54 bits per heavy atom. The minimum absolute atomic E-state index is 0.155. The lowest BCUT2D eigenvalue weighted by atomic mass is 10.1. The minimum atomic E-state index is -4.58. The molecule has 0 aliphatic carbocycles. The van der Waals surface area contributed by atoms with Crippen molar-refractivity contribution in [3.8, 4) is 0 Å². The molecule has 4 heterocycles. The lowest BCUT2D eigenvalue weighted by Crippen LogP contribution is -2.34. The van der Waals surface area contributed by atoms with E-state index >= 15 is 0 Å². The number of thiophene rings is 1. The van der Waals surface area contributed by atoms with Crippen molar-refractivity contribution in [2.45, 2.75) is 13.1 Å². The van der Waals surface area contributed by atoms with Crippen LogP contribution in [0.2, 0.25) is 0 Å². The molecule has 1 aromatic carbocycles. The molecule has 0 radical (unpaired) electrons. The Morgan fingerprint density at radius 2 is 1.84 bits per heavy atom. The predicted octanol–water partition coefficient (Wildman–Crippen LogP) is 5.74. The lowest BCUT2D eigenvalue weighted by molar-refractivity contribution is -0.137. The molecule has 0 unspecified atom stereocenters. The third-order valence-electron chi connectivity index (χ3n) is 5.65. The number of benzene rings is 1. The van der Waals surface area contributed by atoms with E-state index in [1.54, 1.807) is 19.1 Å². The largest absolute Gasteiger partial charge is 0.465 e. The summed E-state index contributed by atoms with van der Waals surface area (Å²) in [5, 5.41) is 5.66. The van der Waals surface area contributed by atoms with E-state index in [4.69, 9.17) is 4.74 Å². The molecule has 3 amide bonds. The van der Waals surface area contributed by atoms with Gasteiger partial charge in [0.25, 0.3) is 5.91 Å². The van der Waals surface area contributed by atoms with Gasteiger partial charge in [-0.15, -0.1) is 11.3 Å². The number of carbonyl (C=O) groups excluding carboxylic acids is 3. The number of hydrogen-bond acceptors (Lipinski definition) is 7. The van der Waals surface area contributed by atoms with Gasteiger partial charge in [-0.3, -0.25) is 9.69 Å². The molecule has 1 aliphatic rings. The van der Waals surface area contributed by atoms with Crippen LogP contribution in [0.4, 0.5) is 40.8 Å². The average Bonchev–Trinajstić information content (AvgIpc) is 3.23. The van der Waals surface area contributed by atoms with Gasteiger partial charge in [0.1, 0.15) is 15.5 Å². The molecule has 0 spiro atoms. The van der Waals surface area contributed by atoms with Crippen LogP contribution in [0.5, 0.6) is 0 Å². The molecule has 9 nitrogen and oxygen atoms in total. The quantitative estimate of drug-likeness (QED) is 0.327. The molecule has 0 saturated heterocycles. The number of carbonyl (C=O) groups is 3. The summed E-state index contributed by atoms with van der Waals surface area (Å²) in [7, 11) is 1.24. The number of nitrogens with zero attached hydrogens (tertiary/aromatic N) is 3. The second-order valence-electron chi connectivity index (χ2n) is 7.96. The number of methoxy groups -OCH3 is 1. The number of hydrogen-bond donors (Lipinski definition) is 2. The Balaban J connectivity index is 1.48. The standard InChI is InChI=1S/C24H16F3N5O4S/c1-11-9-12(20(33)30-16-10-13(5-7-28-16)24(25,26)27)3-4-14(11)32-15-6-8-29-21-17(15)18(31-23(32)35)19(37-21)22(34)36-2/h3-10H,1-2H3,(H,31,35)(H,28,30,33). The molecule has 0 bridgehead atoms. The summed E-state index contributed by atoms with van der Waals surface area (Å²) >= 11 is 1.09. The SMILES string of the molecule is COC(=O)c1sc2nccc3c2c1NC(=O)N3c1ccc(C(=O)Nc2cc(C(F)(F)F)ccn2)cc1C. The normalized spacial score (nSPS) is 12.9. The first-order chi connectivity index (χ1) is 17.6. The van der Waals surface area contributed by atoms with Gasteiger partial charge in [0.05, 0.1) is 35.1 Å². The van der Waals surface area contributed by atoms with Crippen LogP contribution < -0.4 is 15.5 Å². The Morgan fingerprint density at radius 1 is 1.08 bits per heavy atom. The molecule has 5 rings (SSSR count). The highest BCUT2D eigenvalue weighted by atomic mass is 32.1. The summed E-state index contributed by atoms with van der Waals surface area (Å²) in [4.78, 5) is 48.3. The van der Waals surface area contributed by atoms with Gasteiger partial charge < -0.3 is 15.4 Å². The van der Waals surface area contributed by atoms with Crippen LogP contribution in [0.3, 0.4) is 0 Å². The second kappa shape index (κ2) is 8.85. The second-order valence-corrected chi connectivity index (χ2v) is 8.96. The highest BCUT2D eigenvalue weighted by molar-refractivity contribution is 7.21. The summed E-state index contributed by atoms with van der Waals surface area (Å²) in [6.45, 7) is 1.68. The van der Waals surface area contributed by atoms with E-state index in [-0.39, 0.29) is 16.3 Å². The monoisotopic (exact) mass is 527 g/mol. The van der Waals surface area contributed by atoms with E-state index in [1.807, 2.05) is 0 Å². The summed E-state index contributed by atoms with van der Waals surface area (Å²) in [5.74, 6) is -1.51. The number of esters is 1. The lowest BCUT2D eigenvalue weighted by Gasteiger charge is -2.29. The predicted molar refractivity (Wildman–Crippen MR) is 130 cm³/mol. The van der Waals surface area contributed by atoms with Crippen LogP contribution in [-0.4, -0.2) is 35.0 Å². The van der Waals surface area contributed by atoms with Crippen molar-refractivity contribution in [1.82, 2.24) is 9.97 Å². The van der Waals surface area contributed by atoms with Crippen molar-refractivity contribution < 1.29 is 32.3 Å².